The van der Waals surface area contributed by atoms with Gasteiger partial charge in [0, 0.05) is 50.5 Å². The van der Waals surface area contributed by atoms with Crippen molar-refractivity contribution in [1.82, 2.24) is 24.7 Å². The molecular weight excluding hydrogens is 406 g/mol. The van der Waals surface area contributed by atoms with Crippen molar-refractivity contribution in [3.63, 3.8) is 0 Å². The van der Waals surface area contributed by atoms with Crippen molar-refractivity contribution in [2.75, 3.05) is 26.2 Å². The van der Waals surface area contributed by atoms with Gasteiger partial charge < -0.3 is 14.2 Å². The molecule has 1 aromatic carbocycles. The van der Waals surface area contributed by atoms with E-state index in [-0.39, 0.29) is 5.91 Å². The maximum Gasteiger partial charge on any atom is 0.257 e. The number of aromatic nitrogens is 3. The zero-order valence-corrected chi connectivity index (χ0v) is 19.3. The molecule has 0 atom stereocenters. The molecule has 4 rings (SSSR count). The fourth-order valence-corrected chi connectivity index (χ4v) is 4.11. The summed E-state index contributed by atoms with van der Waals surface area (Å²) in [5, 5.41) is 8.41. The van der Waals surface area contributed by atoms with Gasteiger partial charge in [-0.05, 0) is 39.8 Å². The van der Waals surface area contributed by atoms with Crippen LogP contribution in [0.15, 0.2) is 35.0 Å². The summed E-state index contributed by atoms with van der Waals surface area (Å²) in [6, 6.07) is 7.44. The smallest absolute Gasteiger partial charge is 0.257 e. The highest BCUT2D eigenvalue weighted by molar-refractivity contribution is 5.97. The monoisotopic (exact) mass is 437 g/mol. The van der Waals surface area contributed by atoms with Crippen LogP contribution in [0.1, 0.15) is 45.6 Å². The minimum absolute atomic E-state index is 0.00833. The van der Waals surface area contributed by atoms with Crippen molar-refractivity contribution >= 4 is 5.91 Å². The highest BCUT2D eigenvalue weighted by Crippen LogP contribution is 2.24. The molecule has 0 spiro atoms. The van der Waals surface area contributed by atoms with Crippen LogP contribution in [0.25, 0.3) is 0 Å². The fraction of sp³-hybridized carbons (Fsp3) is 0.458. The number of hydrogen-bond donors (Lipinski definition) is 0. The predicted octanol–water partition coefficient (Wildman–Crippen LogP) is 3.35. The number of carbonyl (C=O) groups excluding carboxylic acids is 1. The Morgan fingerprint density at radius 2 is 1.88 bits per heavy atom. The molecule has 0 unspecified atom stereocenters. The third-order valence-corrected chi connectivity index (χ3v) is 6.23. The molecule has 1 saturated heterocycles. The van der Waals surface area contributed by atoms with E-state index in [0.717, 1.165) is 43.2 Å². The van der Waals surface area contributed by atoms with Crippen LogP contribution in [-0.4, -0.2) is 56.8 Å². The lowest BCUT2D eigenvalue weighted by atomic mass is 10.1. The van der Waals surface area contributed by atoms with Gasteiger partial charge in [0.15, 0.2) is 0 Å². The largest absolute Gasteiger partial charge is 0.488 e. The second-order valence-corrected chi connectivity index (χ2v) is 8.23. The van der Waals surface area contributed by atoms with Gasteiger partial charge in [0.2, 0.25) is 0 Å². The second-order valence-electron chi connectivity index (χ2n) is 8.23. The minimum atomic E-state index is 0.00833. The summed E-state index contributed by atoms with van der Waals surface area (Å²) in [7, 11) is 0. The molecule has 0 bridgehead atoms. The molecular formula is C24H31N5O3. The van der Waals surface area contributed by atoms with E-state index in [1.807, 2.05) is 53.9 Å². The molecule has 0 radical (unpaired) electrons. The SMILES string of the molecule is CCn1ncc(CN2CCN(C(=O)c3ccccc3OCc3c(C)noc3C)CC2)c1C. The molecule has 2 aromatic heterocycles. The zero-order valence-electron chi connectivity index (χ0n) is 19.3. The summed E-state index contributed by atoms with van der Waals surface area (Å²) in [6.07, 6.45) is 1.96. The van der Waals surface area contributed by atoms with E-state index < -0.39 is 0 Å². The van der Waals surface area contributed by atoms with Crippen molar-refractivity contribution in [1.29, 1.82) is 0 Å². The normalized spacial score (nSPS) is 14.7. The summed E-state index contributed by atoms with van der Waals surface area (Å²) in [5.74, 6) is 1.33. The Bertz CT molecular complexity index is 1060. The lowest BCUT2D eigenvalue weighted by molar-refractivity contribution is 0.0623. The van der Waals surface area contributed by atoms with Crippen LogP contribution >= 0.6 is 0 Å². The Morgan fingerprint density at radius 1 is 1.12 bits per heavy atom. The molecule has 32 heavy (non-hydrogen) atoms. The molecule has 1 fully saturated rings. The van der Waals surface area contributed by atoms with Crippen LogP contribution in [-0.2, 0) is 19.7 Å². The van der Waals surface area contributed by atoms with Crippen LogP contribution in [0.5, 0.6) is 5.75 Å². The van der Waals surface area contributed by atoms with E-state index in [1.165, 1.54) is 11.3 Å². The van der Waals surface area contributed by atoms with Gasteiger partial charge in [0.25, 0.3) is 5.91 Å². The Hall–Kier alpha value is -3.13. The van der Waals surface area contributed by atoms with Gasteiger partial charge in [0.05, 0.1) is 23.0 Å². The van der Waals surface area contributed by atoms with Gasteiger partial charge in [-0.2, -0.15) is 5.10 Å². The summed E-state index contributed by atoms with van der Waals surface area (Å²) < 4.78 is 13.2. The van der Waals surface area contributed by atoms with E-state index in [9.17, 15) is 4.79 Å². The molecule has 170 valence electrons. The number of piperazine rings is 1. The molecule has 0 saturated carbocycles. The van der Waals surface area contributed by atoms with Gasteiger partial charge in [-0.15, -0.1) is 0 Å². The predicted molar refractivity (Wildman–Crippen MR) is 121 cm³/mol. The van der Waals surface area contributed by atoms with Crippen molar-refractivity contribution in [3.05, 3.63) is 64.3 Å². The van der Waals surface area contributed by atoms with E-state index >= 15 is 0 Å². The average Bonchev–Trinajstić information content (AvgIpc) is 3.33. The van der Waals surface area contributed by atoms with Crippen LogP contribution in [0.4, 0.5) is 0 Å². The summed E-state index contributed by atoms with van der Waals surface area (Å²) in [5.41, 5.74) is 4.79. The lowest BCUT2D eigenvalue weighted by Crippen LogP contribution is -2.48. The van der Waals surface area contributed by atoms with E-state index in [1.54, 1.807) is 0 Å². The highest BCUT2D eigenvalue weighted by Gasteiger charge is 2.25. The molecule has 1 aliphatic rings. The quantitative estimate of drug-likeness (QED) is 0.564. The first-order valence-electron chi connectivity index (χ1n) is 11.1. The van der Waals surface area contributed by atoms with Gasteiger partial charge in [-0.1, -0.05) is 17.3 Å². The van der Waals surface area contributed by atoms with E-state index in [4.69, 9.17) is 9.26 Å². The Kier molecular flexibility index (Phi) is 6.60. The minimum Gasteiger partial charge on any atom is -0.488 e. The third-order valence-electron chi connectivity index (χ3n) is 6.23. The Morgan fingerprint density at radius 3 is 2.53 bits per heavy atom. The fourth-order valence-electron chi connectivity index (χ4n) is 4.11. The van der Waals surface area contributed by atoms with Crippen molar-refractivity contribution < 1.29 is 14.1 Å². The van der Waals surface area contributed by atoms with Crippen molar-refractivity contribution in [2.24, 2.45) is 0 Å². The third kappa shape index (κ3) is 4.55. The van der Waals surface area contributed by atoms with Crippen LogP contribution in [0.3, 0.4) is 0 Å². The van der Waals surface area contributed by atoms with Gasteiger partial charge in [-0.3, -0.25) is 14.4 Å². The molecule has 8 heteroatoms. The topological polar surface area (TPSA) is 76.6 Å². The number of rotatable bonds is 7. The molecule has 8 nitrogen and oxygen atoms in total. The summed E-state index contributed by atoms with van der Waals surface area (Å²) >= 11 is 0. The van der Waals surface area contributed by atoms with Gasteiger partial charge >= 0.3 is 0 Å². The average molecular weight is 438 g/mol. The molecule has 1 amide bonds. The van der Waals surface area contributed by atoms with Crippen LogP contribution < -0.4 is 4.74 Å². The first-order chi connectivity index (χ1) is 15.5. The number of amides is 1. The standard InChI is InChI=1S/C24H31N5O3/c1-5-29-18(3)20(14-25-29)15-27-10-12-28(13-11-27)24(30)21-8-6-7-9-23(21)31-16-22-17(2)26-32-19(22)4/h6-9,14H,5,10-13,15-16H2,1-4H3. The highest BCUT2D eigenvalue weighted by atomic mass is 16.5. The maximum absolute atomic E-state index is 13.3. The zero-order chi connectivity index (χ0) is 22.7. The number of carbonyl (C=O) groups is 1. The number of nitrogens with zero attached hydrogens (tertiary/aromatic N) is 5. The van der Waals surface area contributed by atoms with Crippen molar-refractivity contribution in [2.45, 2.75) is 47.4 Å². The van der Waals surface area contributed by atoms with Crippen molar-refractivity contribution in [3.8, 4) is 5.75 Å². The van der Waals surface area contributed by atoms with Gasteiger partial charge in [0.1, 0.15) is 18.1 Å². The molecule has 3 aromatic rings. The number of para-hydroxylation sites is 1. The summed E-state index contributed by atoms with van der Waals surface area (Å²) in [4.78, 5) is 17.6. The number of aryl methyl sites for hydroxylation is 3. The Labute approximate surface area is 188 Å². The molecule has 0 N–H and O–H groups in total. The van der Waals surface area contributed by atoms with Crippen LogP contribution in [0.2, 0.25) is 0 Å². The second kappa shape index (κ2) is 9.56. The first-order valence-corrected chi connectivity index (χ1v) is 11.1. The summed E-state index contributed by atoms with van der Waals surface area (Å²) in [6.45, 7) is 13.1. The van der Waals surface area contributed by atoms with E-state index in [0.29, 0.717) is 31.0 Å². The van der Waals surface area contributed by atoms with E-state index in [2.05, 4.69) is 29.0 Å². The molecule has 1 aliphatic heterocycles. The number of hydrogen-bond acceptors (Lipinski definition) is 6. The van der Waals surface area contributed by atoms with Gasteiger partial charge in [-0.25, -0.2) is 0 Å². The molecule has 0 aliphatic carbocycles. The number of benzene rings is 1. The Balaban J connectivity index is 1.37. The number of ether oxygens (including phenoxy) is 1. The maximum atomic E-state index is 13.3. The first kappa shape index (κ1) is 22.1. The lowest BCUT2D eigenvalue weighted by Gasteiger charge is -2.35. The molecule has 3 heterocycles. The van der Waals surface area contributed by atoms with Crippen LogP contribution in [0, 0.1) is 20.8 Å².